The molecule has 3 aromatic heterocycles. The lowest BCUT2D eigenvalue weighted by Gasteiger charge is -2.32. The summed E-state index contributed by atoms with van der Waals surface area (Å²) in [5, 5.41) is 7.68. The average Bonchev–Trinajstić information content (AvgIpc) is 3.44. The number of likely N-dealkylation sites (tertiary alicyclic amines) is 1. The van der Waals surface area contributed by atoms with Crippen molar-refractivity contribution in [2.24, 2.45) is 0 Å². The van der Waals surface area contributed by atoms with Crippen LogP contribution in [-0.2, 0) is 0 Å². The molecule has 8 heteroatoms. The van der Waals surface area contributed by atoms with Crippen molar-refractivity contribution < 1.29 is 13.7 Å². The average molecular weight is 422 g/mol. The van der Waals surface area contributed by atoms with E-state index in [0.717, 1.165) is 17.8 Å². The molecular weight excluding hydrogens is 403 g/mol. The number of carbonyl (C=O) groups is 1. The fourth-order valence-corrected chi connectivity index (χ4v) is 4.77. The van der Waals surface area contributed by atoms with Gasteiger partial charge in [-0.05, 0) is 50.1 Å². The van der Waals surface area contributed by atoms with Gasteiger partial charge in [0.15, 0.2) is 0 Å². The van der Waals surface area contributed by atoms with Crippen molar-refractivity contribution in [1.29, 1.82) is 0 Å². The number of hydrogen-bond acceptors (Lipinski definition) is 6. The summed E-state index contributed by atoms with van der Waals surface area (Å²) < 4.78 is 18.7. The summed E-state index contributed by atoms with van der Waals surface area (Å²) in [5.41, 5.74) is 2.71. The van der Waals surface area contributed by atoms with E-state index in [4.69, 9.17) is 4.52 Å². The van der Waals surface area contributed by atoms with E-state index in [1.54, 1.807) is 36.5 Å². The predicted octanol–water partition coefficient (Wildman–Crippen LogP) is 4.81. The molecule has 1 atom stereocenters. The maximum Gasteiger partial charge on any atom is 0.259 e. The lowest BCUT2D eigenvalue weighted by Crippen LogP contribution is -2.39. The summed E-state index contributed by atoms with van der Waals surface area (Å²) in [6, 6.07) is 7.78. The van der Waals surface area contributed by atoms with Crippen LogP contribution in [0.3, 0.4) is 0 Å². The van der Waals surface area contributed by atoms with Crippen LogP contribution in [0, 0.1) is 12.7 Å². The van der Waals surface area contributed by atoms with Gasteiger partial charge >= 0.3 is 0 Å². The van der Waals surface area contributed by atoms with Crippen molar-refractivity contribution in [2.75, 3.05) is 13.1 Å². The number of piperidine rings is 1. The molecule has 0 spiro atoms. The van der Waals surface area contributed by atoms with Crippen LogP contribution >= 0.6 is 11.3 Å². The molecule has 4 heterocycles. The minimum Gasteiger partial charge on any atom is -0.338 e. The Morgan fingerprint density at radius 2 is 2.13 bits per heavy atom. The first-order valence-corrected chi connectivity index (χ1v) is 10.7. The van der Waals surface area contributed by atoms with Gasteiger partial charge in [0.2, 0.25) is 0 Å². The highest BCUT2D eigenvalue weighted by Crippen LogP contribution is 2.32. The monoisotopic (exact) mass is 422 g/mol. The van der Waals surface area contributed by atoms with E-state index in [1.165, 1.54) is 12.1 Å². The van der Waals surface area contributed by atoms with Gasteiger partial charge in [0.05, 0.1) is 27.3 Å². The largest absolute Gasteiger partial charge is 0.338 e. The Hall–Kier alpha value is -3.13. The second-order valence-electron chi connectivity index (χ2n) is 7.47. The summed E-state index contributed by atoms with van der Waals surface area (Å²) in [4.78, 5) is 24.4. The Morgan fingerprint density at radius 1 is 1.30 bits per heavy atom. The fraction of sp³-hybridized carbons (Fsp3) is 0.273. The molecule has 0 aliphatic carbocycles. The zero-order valence-electron chi connectivity index (χ0n) is 16.3. The number of amides is 1. The van der Waals surface area contributed by atoms with E-state index < -0.39 is 0 Å². The van der Waals surface area contributed by atoms with Crippen LogP contribution < -0.4 is 0 Å². The van der Waals surface area contributed by atoms with Crippen LogP contribution in [0.4, 0.5) is 4.39 Å². The zero-order valence-corrected chi connectivity index (χ0v) is 17.2. The molecule has 0 bridgehead atoms. The molecule has 30 heavy (non-hydrogen) atoms. The number of halogens is 1. The normalized spacial score (nSPS) is 16.9. The third kappa shape index (κ3) is 3.37. The first-order valence-electron chi connectivity index (χ1n) is 9.82. The van der Waals surface area contributed by atoms with Gasteiger partial charge in [0.25, 0.3) is 11.6 Å². The van der Waals surface area contributed by atoms with Crippen molar-refractivity contribution in [3.8, 4) is 11.3 Å². The van der Waals surface area contributed by atoms with Gasteiger partial charge in [-0.1, -0.05) is 5.16 Å². The lowest BCUT2D eigenvalue weighted by molar-refractivity contribution is 0.0709. The van der Waals surface area contributed by atoms with E-state index in [2.05, 4.69) is 15.1 Å². The highest BCUT2D eigenvalue weighted by molar-refractivity contribution is 7.09. The molecule has 152 valence electrons. The maximum atomic E-state index is 13.6. The van der Waals surface area contributed by atoms with Crippen LogP contribution in [0.25, 0.3) is 22.4 Å². The van der Waals surface area contributed by atoms with Gasteiger partial charge in [-0.3, -0.25) is 4.79 Å². The summed E-state index contributed by atoms with van der Waals surface area (Å²) in [6.07, 6.45) is 3.76. The number of thiazole rings is 1. The van der Waals surface area contributed by atoms with Gasteiger partial charge in [-0.2, -0.15) is 0 Å². The number of nitrogens with zero attached hydrogens (tertiary/aromatic N) is 4. The number of benzene rings is 1. The minimum atomic E-state index is -0.326. The maximum absolute atomic E-state index is 13.6. The quantitative estimate of drug-likeness (QED) is 0.474. The molecule has 1 saturated heterocycles. The third-order valence-electron chi connectivity index (χ3n) is 5.50. The van der Waals surface area contributed by atoms with Gasteiger partial charge < -0.3 is 9.42 Å². The van der Waals surface area contributed by atoms with E-state index in [1.807, 2.05) is 16.5 Å². The Bertz CT molecular complexity index is 1200. The first kappa shape index (κ1) is 18.9. The highest BCUT2D eigenvalue weighted by atomic mass is 32.1. The zero-order chi connectivity index (χ0) is 20.7. The number of carbonyl (C=O) groups excluding carboxylic acids is 1. The van der Waals surface area contributed by atoms with Gasteiger partial charge in [-0.25, -0.2) is 14.4 Å². The molecule has 1 unspecified atom stereocenters. The molecule has 0 radical (unpaired) electrons. The molecule has 6 nitrogen and oxygen atoms in total. The van der Waals surface area contributed by atoms with Crippen molar-refractivity contribution >= 4 is 28.3 Å². The van der Waals surface area contributed by atoms with Crippen LogP contribution in [-0.4, -0.2) is 39.0 Å². The van der Waals surface area contributed by atoms with Gasteiger partial charge in [0, 0.05) is 36.1 Å². The minimum absolute atomic E-state index is 0.0710. The van der Waals surface area contributed by atoms with Crippen molar-refractivity contribution in [1.82, 2.24) is 20.0 Å². The Balaban J connectivity index is 1.54. The molecular formula is C22H19FN4O2S. The number of aromatic nitrogens is 3. The molecule has 1 aliphatic heterocycles. The number of rotatable bonds is 3. The topological polar surface area (TPSA) is 72.1 Å². The van der Waals surface area contributed by atoms with Crippen molar-refractivity contribution in [3.63, 3.8) is 0 Å². The van der Waals surface area contributed by atoms with Crippen LogP contribution in [0.15, 0.2) is 46.4 Å². The fourth-order valence-electron chi connectivity index (χ4n) is 4.00. The van der Waals surface area contributed by atoms with Crippen molar-refractivity contribution in [2.45, 2.75) is 25.7 Å². The van der Waals surface area contributed by atoms with E-state index in [0.29, 0.717) is 46.7 Å². The third-order valence-corrected chi connectivity index (χ3v) is 6.43. The lowest BCUT2D eigenvalue weighted by atomic mass is 9.97. The summed E-state index contributed by atoms with van der Waals surface area (Å²) in [5.74, 6) is -0.147. The van der Waals surface area contributed by atoms with Gasteiger partial charge in [-0.15, -0.1) is 11.3 Å². The number of fused-ring (bicyclic) bond motifs is 1. The molecule has 5 rings (SSSR count). The molecule has 4 aromatic rings. The molecule has 1 aliphatic rings. The second-order valence-corrected chi connectivity index (χ2v) is 8.40. The number of pyridine rings is 1. The molecule has 0 N–H and O–H groups in total. The van der Waals surface area contributed by atoms with E-state index in [9.17, 15) is 9.18 Å². The predicted molar refractivity (Wildman–Crippen MR) is 112 cm³/mol. The first-order chi connectivity index (χ1) is 14.6. The van der Waals surface area contributed by atoms with Crippen molar-refractivity contribution in [3.05, 3.63) is 64.0 Å². The Labute approximate surface area is 176 Å². The molecule has 1 fully saturated rings. The van der Waals surface area contributed by atoms with E-state index >= 15 is 0 Å². The smallest absolute Gasteiger partial charge is 0.259 e. The van der Waals surface area contributed by atoms with Crippen LogP contribution in [0.1, 0.15) is 39.8 Å². The molecule has 0 saturated carbocycles. The van der Waals surface area contributed by atoms with Gasteiger partial charge in [0.1, 0.15) is 5.82 Å². The number of hydrogen-bond donors (Lipinski definition) is 0. The SMILES string of the molecule is Cc1noc2nc(-c3ccc(F)cc3)cc(C(=O)N3CCCC(c4nccs4)C3)c12. The summed E-state index contributed by atoms with van der Waals surface area (Å²) in [6.45, 7) is 3.13. The molecule has 1 aromatic carbocycles. The van der Waals surface area contributed by atoms with Crippen LogP contribution in [0.2, 0.25) is 0 Å². The summed E-state index contributed by atoms with van der Waals surface area (Å²) >= 11 is 1.63. The van der Waals surface area contributed by atoms with E-state index in [-0.39, 0.29) is 17.6 Å². The highest BCUT2D eigenvalue weighted by Gasteiger charge is 2.29. The second kappa shape index (κ2) is 7.60. The summed E-state index contributed by atoms with van der Waals surface area (Å²) in [7, 11) is 0. The number of aryl methyl sites for hydroxylation is 1. The Kier molecular flexibility index (Phi) is 4.78. The van der Waals surface area contributed by atoms with Crippen LogP contribution in [0.5, 0.6) is 0 Å². The Morgan fingerprint density at radius 3 is 2.90 bits per heavy atom. The molecule has 1 amide bonds. The standard InChI is InChI=1S/C22H19FN4O2S/c1-13-19-17(22(28)27-9-2-3-15(12-27)21-24-8-10-30-21)11-18(25-20(19)29-26-13)14-4-6-16(23)7-5-14/h4-8,10-11,15H,2-3,9,12H2,1H3.